The van der Waals surface area contributed by atoms with Crippen molar-refractivity contribution in [3.63, 3.8) is 0 Å². The second-order valence-corrected chi connectivity index (χ2v) is 10.5. The molecule has 0 aromatic heterocycles. The van der Waals surface area contributed by atoms with Gasteiger partial charge in [-0.15, -0.1) is 0 Å². The number of benzene rings is 1. The molecule has 0 fully saturated rings. The third-order valence-corrected chi connectivity index (χ3v) is 8.86. The predicted molar refractivity (Wildman–Crippen MR) is 86.6 cm³/mol. The summed E-state index contributed by atoms with van der Waals surface area (Å²) >= 11 is 2.54. The van der Waals surface area contributed by atoms with Crippen LogP contribution in [0.2, 0.25) is 5.02 Å². The van der Waals surface area contributed by atoms with Gasteiger partial charge in [-0.05, 0) is 0 Å². The Kier molecular flexibility index (Phi) is 4.97. The number of hydrogen-bond donors (Lipinski definition) is 0. The molecule has 1 unspecified atom stereocenters. The first-order valence-electron chi connectivity index (χ1n) is 6.01. The average molecular weight is 444 g/mol. The number of alkyl halides is 4. The number of anilines is 1. The molecular formula is C13H10ClF3IN3O. The Labute approximate surface area is 136 Å². The van der Waals surface area contributed by atoms with Crippen LogP contribution in [0.1, 0.15) is 19.4 Å². The summed E-state index contributed by atoms with van der Waals surface area (Å²) in [6, 6.07) is 3.53. The summed E-state index contributed by atoms with van der Waals surface area (Å²) in [6.45, 7) is 3.11. The number of carbonyl (C=O) groups excluding carboxylic acids is 1. The first kappa shape index (κ1) is 17.0. The Morgan fingerprint density at radius 2 is 2.14 bits per heavy atom. The van der Waals surface area contributed by atoms with Crippen molar-refractivity contribution < 1.29 is 18.0 Å². The van der Waals surface area contributed by atoms with E-state index in [4.69, 9.17) is 16.9 Å². The number of hydrazone groups is 1. The molecule has 1 aliphatic heterocycles. The molecule has 1 heterocycles. The number of rotatable bonds is 2. The number of halogens is 5. The van der Waals surface area contributed by atoms with Crippen LogP contribution in [0, 0.1) is 17.1 Å². The van der Waals surface area contributed by atoms with Gasteiger partial charge in [-0.1, -0.05) is 0 Å². The molecule has 0 saturated heterocycles. The van der Waals surface area contributed by atoms with E-state index in [2.05, 4.69) is 5.10 Å². The summed E-state index contributed by atoms with van der Waals surface area (Å²) < 4.78 is 35.9. The standard InChI is InChI=1S/C13H10ClF3IN3O/c1-6-7(2)20-21(13(22)18(6)12(16)17)11-3-8(5-19)10(15)4-9(11)14/h3-4,6,12H,1-2H3. The Morgan fingerprint density at radius 1 is 1.50 bits per heavy atom. The van der Waals surface area contributed by atoms with E-state index in [1.807, 2.05) is 0 Å². The minimum atomic E-state index is -3.35. The Balaban J connectivity index is 2.57. The molecule has 1 amide bonds. The molecule has 22 heavy (non-hydrogen) atoms. The summed E-state index contributed by atoms with van der Waals surface area (Å²) in [6.07, 6.45) is 0. The monoisotopic (exact) mass is 443 g/mol. The fourth-order valence-electron chi connectivity index (χ4n) is 1.83. The molecule has 4 nitrogen and oxygen atoms in total. The van der Waals surface area contributed by atoms with Crippen molar-refractivity contribution in [3.8, 4) is 6.07 Å². The van der Waals surface area contributed by atoms with Gasteiger partial charge in [-0.2, -0.15) is 0 Å². The van der Waals surface area contributed by atoms with Gasteiger partial charge in [0.25, 0.3) is 0 Å². The summed E-state index contributed by atoms with van der Waals surface area (Å²) in [5, 5.41) is 13.5. The maximum atomic E-state index is 13.5. The Bertz CT molecular complexity index is 705. The first-order chi connectivity index (χ1) is 10.3. The average Bonchev–Trinajstić information content (AvgIpc) is 2.43. The van der Waals surface area contributed by atoms with Crippen LogP contribution in [0.5, 0.6) is 0 Å². The second-order valence-electron chi connectivity index (χ2n) is 4.41. The minimum absolute atomic E-state index is 0.0567. The van der Waals surface area contributed by atoms with Crippen LogP contribution in [0.25, 0.3) is 0 Å². The molecule has 0 saturated carbocycles. The molecule has 1 aromatic rings. The number of hydrogen-bond acceptors (Lipinski definition) is 3. The van der Waals surface area contributed by atoms with Gasteiger partial charge in [-0.25, -0.2) is 0 Å². The van der Waals surface area contributed by atoms with Gasteiger partial charge in [-0.3, -0.25) is 0 Å². The fourth-order valence-corrected chi connectivity index (χ4v) is 6.07. The number of amides is 1. The van der Waals surface area contributed by atoms with Gasteiger partial charge in [0.1, 0.15) is 0 Å². The zero-order valence-corrected chi connectivity index (χ0v) is 14.4. The van der Waals surface area contributed by atoms with Crippen LogP contribution in [0.15, 0.2) is 17.2 Å². The second kappa shape index (κ2) is 6.42. The summed E-state index contributed by atoms with van der Waals surface area (Å²) in [4.78, 5) is 12.3. The number of carbonyl (C=O) groups is 1. The van der Waals surface area contributed by atoms with E-state index in [9.17, 15) is 18.0 Å². The molecule has 0 N–H and O–H groups in total. The van der Waals surface area contributed by atoms with E-state index < -0.39 is 37.9 Å². The van der Waals surface area contributed by atoms with Gasteiger partial charge in [0.15, 0.2) is 0 Å². The third-order valence-electron chi connectivity index (χ3n) is 3.10. The molecule has 0 bridgehead atoms. The van der Waals surface area contributed by atoms with E-state index >= 15 is 0 Å². The topological polar surface area (TPSA) is 56.5 Å². The molecule has 2 rings (SSSR count). The van der Waals surface area contributed by atoms with Crippen molar-refractivity contribution >= 4 is 46.7 Å². The van der Waals surface area contributed by atoms with Crippen LogP contribution >= 0.6 is 31.4 Å². The Morgan fingerprint density at radius 3 is 2.68 bits per heavy atom. The van der Waals surface area contributed by atoms with Crippen LogP contribution in [-0.2, 0) is 0 Å². The van der Waals surface area contributed by atoms with Gasteiger partial charge in [0.05, 0.1) is 0 Å². The SMILES string of the molecule is CC1=NN(c2cc(C#N)c(F)cc2Cl)C(=O)I(C(F)F)C1C. The maximum absolute atomic E-state index is 13.5. The summed E-state index contributed by atoms with van der Waals surface area (Å²) in [5.74, 6) is -0.848. The van der Waals surface area contributed by atoms with Crippen molar-refractivity contribution in [1.82, 2.24) is 0 Å². The third kappa shape index (κ3) is 2.92. The molecule has 0 spiro atoms. The van der Waals surface area contributed by atoms with Crippen molar-refractivity contribution in [1.29, 1.82) is 5.26 Å². The van der Waals surface area contributed by atoms with Crippen LogP contribution in [-0.4, -0.2) is 18.0 Å². The predicted octanol–water partition coefficient (Wildman–Crippen LogP) is 4.78. The molecule has 0 aliphatic carbocycles. The molecule has 1 aliphatic rings. The summed E-state index contributed by atoms with van der Waals surface area (Å²) in [5.41, 5.74) is -0.00103. The van der Waals surface area contributed by atoms with Crippen molar-refractivity contribution in [2.24, 2.45) is 5.10 Å². The van der Waals surface area contributed by atoms with Crippen molar-refractivity contribution in [2.75, 3.05) is 5.01 Å². The van der Waals surface area contributed by atoms with Crippen molar-refractivity contribution in [2.45, 2.75) is 22.2 Å². The van der Waals surface area contributed by atoms with E-state index in [-0.39, 0.29) is 16.3 Å². The quantitative estimate of drug-likeness (QED) is 0.286. The summed E-state index contributed by atoms with van der Waals surface area (Å²) in [7, 11) is 0. The molecule has 0 radical (unpaired) electrons. The fraction of sp³-hybridized carbons (Fsp3) is 0.308. The van der Waals surface area contributed by atoms with Crippen LogP contribution in [0.4, 0.5) is 23.7 Å². The van der Waals surface area contributed by atoms with Crippen molar-refractivity contribution in [3.05, 3.63) is 28.5 Å². The number of nitriles is 1. The first-order valence-corrected chi connectivity index (χ1v) is 9.96. The number of nitrogens with zero attached hydrogens (tertiary/aromatic N) is 3. The molecule has 1 aromatic carbocycles. The van der Waals surface area contributed by atoms with Crippen LogP contribution < -0.4 is 5.01 Å². The zero-order valence-electron chi connectivity index (χ0n) is 11.4. The molecular weight excluding hydrogens is 434 g/mol. The Hall–Kier alpha value is -1.34. The normalized spacial score (nSPS) is 20.2. The van der Waals surface area contributed by atoms with E-state index in [1.165, 1.54) is 0 Å². The van der Waals surface area contributed by atoms with E-state index in [0.717, 1.165) is 17.1 Å². The van der Waals surface area contributed by atoms with Crippen LogP contribution in [0.3, 0.4) is 0 Å². The van der Waals surface area contributed by atoms with E-state index in [1.54, 1.807) is 19.9 Å². The van der Waals surface area contributed by atoms with E-state index in [0.29, 0.717) is 5.71 Å². The van der Waals surface area contributed by atoms with Gasteiger partial charge >= 0.3 is 137 Å². The van der Waals surface area contributed by atoms with Gasteiger partial charge < -0.3 is 0 Å². The van der Waals surface area contributed by atoms with Gasteiger partial charge in [0.2, 0.25) is 0 Å². The van der Waals surface area contributed by atoms with Gasteiger partial charge in [0, 0.05) is 0 Å². The zero-order chi connectivity index (χ0) is 16.6. The molecule has 9 heteroatoms. The molecule has 1 atom stereocenters. The molecule has 118 valence electrons.